The zero-order chi connectivity index (χ0) is 19.0. The quantitative estimate of drug-likeness (QED) is 0.391. The number of aromatic amines is 1. The van der Waals surface area contributed by atoms with Crippen LogP contribution in [0.4, 0.5) is 0 Å². The Morgan fingerprint density at radius 1 is 1.37 bits per heavy atom. The van der Waals surface area contributed by atoms with Crippen LogP contribution < -0.4 is 5.69 Å². The van der Waals surface area contributed by atoms with Crippen LogP contribution in [0.1, 0.15) is 15.2 Å². The number of fused-ring (bicyclic) bond motifs is 1. The smallest absolute Gasteiger partial charge is 0.292 e. The number of Topliss-reactive ketones (excluding diaryl/α,β-unsaturated/α-hetero) is 1. The number of hydrogen-bond acceptors (Lipinski definition) is 6. The number of nitrogens with one attached hydrogen (secondary N) is 1. The summed E-state index contributed by atoms with van der Waals surface area (Å²) in [5, 5.41) is 8.51. The van der Waals surface area contributed by atoms with Crippen molar-refractivity contribution in [2.75, 3.05) is 5.75 Å². The summed E-state index contributed by atoms with van der Waals surface area (Å²) in [5.41, 5.74) is 1.15. The van der Waals surface area contributed by atoms with Crippen molar-refractivity contribution in [1.82, 2.24) is 19.7 Å². The number of aromatic nitrogens is 4. The van der Waals surface area contributed by atoms with Crippen LogP contribution in [0.5, 0.6) is 0 Å². The Labute approximate surface area is 167 Å². The van der Waals surface area contributed by atoms with E-state index in [1.807, 2.05) is 25.1 Å². The lowest BCUT2D eigenvalue weighted by Crippen LogP contribution is -2.16. The third-order valence-corrected chi connectivity index (χ3v) is 6.52. The molecular formula is C18H13ClN4O2S2. The minimum atomic E-state index is -0.370. The van der Waals surface area contributed by atoms with E-state index < -0.39 is 0 Å². The predicted molar refractivity (Wildman–Crippen MR) is 109 cm³/mol. The molecule has 0 bridgehead atoms. The molecule has 136 valence electrons. The van der Waals surface area contributed by atoms with Gasteiger partial charge in [0.2, 0.25) is 0 Å². The van der Waals surface area contributed by atoms with Gasteiger partial charge in [0.05, 0.1) is 22.5 Å². The van der Waals surface area contributed by atoms with Crippen molar-refractivity contribution < 1.29 is 4.79 Å². The highest BCUT2D eigenvalue weighted by molar-refractivity contribution is 7.99. The molecule has 0 atom stereocenters. The van der Waals surface area contributed by atoms with Crippen molar-refractivity contribution >= 4 is 50.6 Å². The maximum atomic E-state index is 12.8. The molecule has 0 aliphatic heterocycles. The van der Waals surface area contributed by atoms with Gasteiger partial charge in [-0.05, 0) is 48.2 Å². The van der Waals surface area contributed by atoms with Crippen LogP contribution in [0.2, 0.25) is 5.02 Å². The van der Waals surface area contributed by atoms with E-state index >= 15 is 0 Å². The van der Waals surface area contributed by atoms with Crippen LogP contribution in [0.15, 0.2) is 52.7 Å². The van der Waals surface area contributed by atoms with Crippen LogP contribution >= 0.6 is 34.7 Å². The number of rotatable bonds is 5. The van der Waals surface area contributed by atoms with Gasteiger partial charge in [-0.2, -0.15) is 0 Å². The minimum Gasteiger partial charge on any atom is -0.292 e. The molecule has 0 aliphatic carbocycles. The maximum absolute atomic E-state index is 12.8. The molecule has 0 saturated heterocycles. The largest absolute Gasteiger partial charge is 0.348 e. The number of benzene rings is 1. The molecule has 0 amide bonds. The van der Waals surface area contributed by atoms with Crippen molar-refractivity contribution in [3.05, 3.63) is 68.7 Å². The van der Waals surface area contributed by atoms with Crippen molar-refractivity contribution in [2.45, 2.75) is 12.1 Å². The number of carbonyl (C=O) groups excluding carboxylic acids is 1. The first-order chi connectivity index (χ1) is 13.0. The van der Waals surface area contributed by atoms with Gasteiger partial charge >= 0.3 is 5.69 Å². The predicted octanol–water partition coefficient (Wildman–Crippen LogP) is 4.11. The Kier molecular flexibility index (Phi) is 4.86. The topological polar surface area (TPSA) is 80.6 Å². The van der Waals surface area contributed by atoms with Crippen molar-refractivity contribution in [1.29, 1.82) is 0 Å². The first-order valence-electron chi connectivity index (χ1n) is 7.97. The monoisotopic (exact) mass is 416 g/mol. The van der Waals surface area contributed by atoms with Crippen molar-refractivity contribution in [2.24, 2.45) is 0 Å². The van der Waals surface area contributed by atoms with Gasteiger partial charge in [0.1, 0.15) is 0 Å². The van der Waals surface area contributed by atoms with Gasteiger partial charge in [0.25, 0.3) is 0 Å². The molecule has 6 nitrogen and oxygen atoms in total. The fraction of sp³-hybridized carbons (Fsp3) is 0.111. The number of hydrogen-bond donors (Lipinski definition) is 1. The molecule has 3 heterocycles. The summed E-state index contributed by atoms with van der Waals surface area (Å²) < 4.78 is 2.43. The molecule has 0 fully saturated rings. The van der Waals surface area contributed by atoms with E-state index in [-0.39, 0.29) is 17.2 Å². The van der Waals surface area contributed by atoms with E-state index in [4.69, 9.17) is 11.6 Å². The summed E-state index contributed by atoms with van der Waals surface area (Å²) in [7, 11) is 0. The van der Waals surface area contributed by atoms with Crippen LogP contribution in [0.3, 0.4) is 0 Å². The summed E-state index contributed by atoms with van der Waals surface area (Å²) in [4.78, 5) is 29.6. The molecule has 27 heavy (non-hydrogen) atoms. The molecule has 3 aromatic heterocycles. The van der Waals surface area contributed by atoms with E-state index in [9.17, 15) is 9.59 Å². The van der Waals surface area contributed by atoms with E-state index in [1.54, 1.807) is 24.5 Å². The summed E-state index contributed by atoms with van der Waals surface area (Å²) in [6, 6.07) is 9.11. The number of aryl methyl sites for hydroxylation is 1. The number of halogens is 1. The fourth-order valence-electron chi connectivity index (χ4n) is 2.75. The summed E-state index contributed by atoms with van der Waals surface area (Å²) in [5.74, 6) is 0.161. The molecule has 9 heteroatoms. The molecule has 0 saturated carbocycles. The van der Waals surface area contributed by atoms with Crippen molar-refractivity contribution in [3.8, 4) is 5.69 Å². The second-order valence-corrected chi connectivity index (χ2v) is 8.20. The standard InChI is InChI=1S/C18H13ClN4O2S2/c1-10-13-7-11(19)4-5-15(13)27-16(10)14(24)9-26-18-22-21-17(25)23(18)12-3-2-6-20-8-12/h2-8H,9H2,1H3,(H,21,25). The van der Waals surface area contributed by atoms with Crippen LogP contribution in [0, 0.1) is 6.92 Å². The van der Waals surface area contributed by atoms with E-state index in [1.165, 1.54) is 27.7 Å². The van der Waals surface area contributed by atoms with Gasteiger partial charge in [0.15, 0.2) is 10.9 Å². The Balaban J connectivity index is 1.59. The zero-order valence-electron chi connectivity index (χ0n) is 14.1. The Bertz CT molecular complexity index is 1200. The number of thioether (sulfide) groups is 1. The molecule has 1 N–H and O–H groups in total. The first kappa shape index (κ1) is 18.0. The van der Waals surface area contributed by atoms with Crippen molar-refractivity contribution in [3.63, 3.8) is 0 Å². The van der Waals surface area contributed by atoms with Crippen LogP contribution in [0.25, 0.3) is 15.8 Å². The van der Waals surface area contributed by atoms with Crippen LogP contribution in [-0.4, -0.2) is 31.3 Å². The fourth-order valence-corrected chi connectivity index (χ4v) is 4.97. The highest BCUT2D eigenvalue weighted by atomic mass is 35.5. The summed E-state index contributed by atoms with van der Waals surface area (Å²) in [6.07, 6.45) is 3.20. The summed E-state index contributed by atoms with van der Waals surface area (Å²) >= 11 is 8.73. The average Bonchev–Trinajstić information content (AvgIpc) is 3.20. The van der Waals surface area contributed by atoms with Gasteiger partial charge in [-0.25, -0.2) is 14.5 Å². The first-order valence-corrected chi connectivity index (χ1v) is 10.1. The number of pyridine rings is 1. The third-order valence-electron chi connectivity index (χ3n) is 4.03. The SMILES string of the molecule is Cc1c(C(=O)CSc2n[nH]c(=O)n2-c2cccnc2)sc2ccc(Cl)cc12. The number of H-pyrrole nitrogens is 1. The van der Waals surface area contributed by atoms with Gasteiger partial charge < -0.3 is 0 Å². The lowest BCUT2D eigenvalue weighted by Gasteiger charge is -2.04. The maximum Gasteiger partial charge on any atom is 0.348 e. The molecule has 0 aliphatic rings. The molecule has 0 spiro atoms. The van der Waals surface area contributed by atoms with Gasteiger partial charge in [-0.15, -0.1) is 16.4 Å². The molecule has 4 aromatic rings. The lowest BCUT2D eigenvalue weighted by atomic mass is 10.1. The number of ketones is 1. The Hall–Kier alpha value is -2.42. The number of carbonyl (C=O) groups is 1. The van der Waals surface area contributed by atoms with E-state index in [0.29, 0.717) is 20.7 Å². The van der Waals surface area contributed by atoms with E-state index in [0.717, 1.165) is 15.6 Å². The van der Waals surface area contributed by atoms with Gasteiger partial charge in [-0.1, -0.05) is 23.4 Å². The number of thiophene rings is 1. The molecule has 4 rings (SSSR count). The zero-order valence-corrected chi connectivity index (χ0v) is 16.5. The van der Waals surface area contributed by atoms with Gasteiger partial charge in [-0.3, -0.25) is 9.78 Å². The lowest BCUT2D eigenvalue weighted by molar-refractivity contribution is 0.102. The second-order valence-electron chi connectivity index (χ2n) is 5.77. The average molecular weight is 417 g/mol. The third kappa shape index (κ3) is 3.43. The van der Waals surface area contributed by atoms with Crippen LogP contribution in [-0.2, 0) is 0 Å². The Morgan fingerprint density at radius 2 is 2.22 bits per heavy atom. The Morgan fingerprint density at radius 3 is 3.00 bits per heavy atom. The molecule has 0 unspecified atom stereocenters. The molecular weight excluding hydrogens is 404 g/mol. The normalized spacial score (nSPS) is 11.2. The minimum absolute atomic E-state index is 0.0111. The number of nitrogens with zero attached hydrogens (tertiary/aromatic N) is 3. The van der Waals surface area contributed by atoms with E-state index in [2.05, 4.69) is 15.2 Å². The summed E-state index contributed by atoms with van der Waals surface area (Å²) in [6.45, 7) is 1.92. The molecule has 1 aromatic carbocycles. The van der Waals surface area contributed by atoms with Gasteiger partial charge in [0, 0.05) is 15.9 Å². The second kappa shape index (κ2) is 7.30. The highest BCUT2D eigenvalue weighted by Gasteiger charge is 2.18. The molecule has 0 radical (unpaired) electrons. The highest BCUT2D eigenvalue weighted by Crippen LogP contribution is 2.33.